The van der Waals surface area contributed by atoms with Crippen molar-refractivity contribution in [1.82, 2.24) is 0 Å². The maximum Gasteiger partial charge on any atom is 0.0784 e. The summed E-state index contributed by atoms with van der Waals surface area (Å²) in [5.41, 5.74) is 0. The van der Waals surface area contributed by atoms with Gasteiger partial charge in [-0.15, -0.1) is 0 Å². The second-order valence-electron chi connectivity index (χ2n) is 14.2. The van der Waals surface area contributed by atoms with Gasteiger partial charge in [-0.05, 0) is 3.91 Å². The highest BCUT2D eigenvalue weighted by Crippen LogP contribution is 2.77. The Kier molecular flexibility index (Phi) is 5.21. The van der Waals surface area contributed by atoms with E-state index in [1.165, 1.54) is 4.79 Å². The minimum atomic E-state index is -1.67. The molecular weight excluding hydrogens is 461 g/mol. The maximum atomic E-state index is 2.96. The van der Waals surface area contributed by atoms with Gasteiger partial charge in [0, 0.05) is 45.5 Å². The Morgan fingerprint density at radius 3 is 1.21 bits per heavy atom. The van der Waals surface area contributed by atoms with Crippen molar-refractivity contribution in [3.05, 3.63) is 30.3 Å². The van der Waals surface area contributed by atoms with Crippen LogP contribution in [-0.4, -0.2) is 53.6 Å². The van der Waals surface area contributed by atoms with E-state index in [-0.39, 0.29) is 0 Å². The molecular formula is C22H48Si7. The average Bonchev–Trinajstić information content (AvgIpc) is 2.51. The van der Waals surface area contributed by atoms with Gasteiger partial charge < -0.3 is 0 Å². The SMILES string of the molecule is C[Si](C)(c1ccccc1)C12[Si](C)(C)[Si](C)(C)C([Si](C)(C)[Si]1(C)C)[Si](C)(C)[Si]2(C)C. The van der Waals surface area contributed by atoms with Gasteiger partial charge in [0.05, 0.1) is 8.07 Å². The van der Waals surface area contributed by atoms with Crippen molar-refractivity contribution >= 4 is 58.8 Å². The van der Waals surface area contributed by atoms with Gasteiger partial charge in [-0.3, -0.25) is 0 Å². The first-order valence-corrected chi connectivity index (χ1v) is 36.0. The molecule has 0 aliphatic carbocycles. The highest BCUT2D eigenvalue weighted by molar-refractivity contribution is 7.80. The van der Waals surface area contributed by atoms with Crippen molar-refractivity contribution in [3.8, 4) is 0 Å². The standard InChI is InChI=1S/C22H48Si7/c1-23(2,20-18-16-15-17-19-20)22-27(9,10)24(3,4)21(25(5,6)28(22,11)12)26(7,8)29(22,13)14/h15-19,21H,1-14H3. The molecule has 0 radical (unpaired) electrons. The highest BCUT2D eigenvalue weighted by atomic mass is 29.4. The third kappa shape index (κ3) is 2.24. The van der Waals surface area contributed by atoms with Gasteiger partial charge in [0.2, 0.25) is 0 Å². The van der Waals surface area contributed by atoms with Crippen LogP contribution in [0.3, 0.4) is 0 Å². The molecule has 1 aromatic carbocycles. The molecule has 3 saturated heterocycles. The minimum Gasteiger partial charge on any atom is -0.0715 e. The van der Waals surface area contributed by atoms with Crippen LogP contribution in [0.15, 0.2) is 30.3 Å². The number of fused-ring (bicyclic) bond motifs is 3. The van der Waals surface area contributed by atoms with Crippen LogP contribution in [0.1, 0.15) is 0 Å². The summed E-state index contributed by atoms with van der Waals surface area (Å²) in [6.07, 6.45) is 0. The summed E-state index contributed by atoms with van der Waals surface area (Å²) in [6.45, 7) is 41.0. The van der Waals surface area contributed by atoms with Crippen LogP contribution in [0, 0.1) is 0 Å². The minimum absolute atomic E-state index is 0.817. The first-order chi connectivity index (χ1) is 12.7. The normalized spacial score (nSPS) is 35.3. The van der Waals surface area contributed by atoms with Gasteiger partial charge in [0.1, 0.15) is 0 Å². The van der Waals surface area contributed by atoms with E-state index in [2.05, 4.69) is 122 Å². The van der Waals surface area contributed by atoms with E-state index in [0.717, 1.165) is 3.91 Å². The van der Waals surface area contributed by atoms with E-state index in [9.17, 15) is 0 Å². The molecule has 3 fully saturated rings. The topological polar surface area (TPSA) is 0 Å². The fourth-order valence-electron chi connectivity index (χ4n) is 11.0. The van der Waals surface area contributed by atoms with E-state index in [1.807, 2.05) is 0 Å². The molecule has 0 amide bonds. The fourth-order valence-corrected chi connectivity index (χ4v) is 191. The summed E-state index contributed by atoms with van der Waals surface area (Å²) >= 11 is 0. The quantitative estimate of drug-likeness (QED) is 0.380. The molecule has 2 bridgehead atoms. The molecule has 0 nitrogen and oxygen atoms in total. The van der Waals surface area contributed by atoms with Crippen molar-refractivity contribution in [2.45, 2.75) is 100 Å². The molecule has 3 heterocycles. The Hall–Kier alpha value is 0.738. The first kappa shape index (κ1) is 24.4. The van der Waals surface area contributed by atoms with Crippen LogP contribution in [0.4, 0.5) is 0 Å². The lowest BCUT2D eigenvalue weighted by Gasteiger charge is -2.87. The molecule has 1 aromatic rings. The molecule has 3 aliphatic heterocycles. The highest BCUT2D eigenvalue weighted by Gasteiger charge is 2.89. The van der Waals surface area contributed by atoms with Crippen LogP contribution in [0.25, 0.3) is 0 Å². The Morgan fingerprint density at radius 1 is 0.586 bits per heavy atom. The van der Waals surface area contributed by atoms with Crippen LogP contribution < -0.4 is 5.19 Å². The molecule has 0 saturated carbocycles. The van der Waals surface area contributed by atoms with Gasteiger partial charge >= 0.3 is 0 Å². The van der Waals surface area contributed by atoms with Gasteiger partial charge in [-0.25, -0.2) is 0 Å². The summed E-state index contributed by atoms with van der Waals surface area (Å²) in [7, 11) is -9.82. The molecule has 29 heavy (non-hydrogen) atoms. The van der Waals surface area contributed by atoms with Crippen molar-refractivity contribution < 1.29 is 0 Å². The van der Waals surface area contributed by atoms with E-state index in [1.54, 1.807) is 5.19 Å². The predicted octanol–water partition coefficient (Wildman–Crippen LogP) is 6.92. The number of hydrogen-bond donors (Lipinski definition) is 0. The number of rotatable bonds is 2. The Morgan fingerprint density at radius 2 is 0.897 bits per heavy atom. The summed E-state index contributed by atoms with van der Waals surface area (Å²) in [4.78, 5) is 1.26. The van der Waals surface area contributed by atoms with Crippen LogP contribution in [-0.2, 0) is 0 Å². The van der Waals surface area contributed by atoms with Crippen molar-refractivity contribution in [2.75, 3.05) is 0 Å². The molecule has 164 valence electrons. The summed E-state index contributed by atoms with van der Waals surface area (Å²) in [5.74, 6) is 0. The summed E-state index contributed by atoms with van der Waals surface area (Å²) in [5, 5.41) is 1.79. The third-order valence-corrected chi connectivity index (χ3v) is 118. The van der Waals surface area contributed by atoms with Crippen LogP contribution >= 0.6 is 0 Å². The lowest BCUT2D eigenvalue weighted by atomic mass is 10.4. The second kappa shape index (κ2) is 6.20. The smallest absolute Gasteiger partial charge is 0.0715 e. The van der Waals surface area contributed by atoms with Gasteiger partial charge in [0.25, 0.3) is 0 Å². The number of benzene rings is 1. The van der Waals surface area contributed by atoms with E-state index in [0.29, 0.717) is 0 Å². The Labute approximate surface area is 188 Å². The van der Waals surface area contributed by atoms with E-state index in [4.69, 9.17) is 0 Å². The molecule has 7 heteroatoms. The molecule has 0 unspecified atom stereocenters. The summed E-state index contributed by atoms with van der Waals surface area (Å²) in [6, 6.07) is 12.0. The first-order valence-electron chi connectivity index (χ1n) is 11.8. The second-order valence-corrected chi connectivity index (χ2v) is 70.4. The van der Waals surface area contributed by atoms with E-state index < -0.39 is 53.6 Å². The zero-order valence-electron chi connectivity index (χ0n) is 22.0. The molecule has 3 aliphatic rings. The Bertz CT molecular complexity index is 749. The maximum absolute atomic E-state index is 2.96. The van der Waals surface area contributed by atoms with Crippen molar-refractivity contribution in [1.29, 1.82) is 0 Å². The molecule has 0 spiro atoms. The molecule has 0 atom stereocenters. The lowest BCUT2D eigenvalue weighted by molar-refractivity contribution is 1.16. The average molecular weight is 509 g/mol. The van der Waals surface area contributed by atoms with Gasteiger partial charge in [-0.1, -0.05) is 132 Å². The Balaban J connectivity index is 2.60. The van der Waals surface area contributed by atoms with Crippen molar-refractivity contribution in [2.24, 2.45) is 0 Å². The van der Waals surface area contributed by atoms with Crippen LogP contribution in [0.2, 0.25) is 100 Å². The fraction of sp³-hybridized carbons (Fsp3) is 0.727. The third-order valence-electron chi connectivity index (χ3n) is 12.2. The van der Waals surface area contributed by atoms with Gasteiger partial charge in [0.15, 0.2) is 0 Å². The van der Waals surface area contributed by atoms with Gasteiger partial charge in [-0.2, -0.15) is 0 Å². The van der Waals surface area contributed by atoms with Crippen LogP contribution in [0.5, 0.6) is 0 Å². The van der Waals surface area contributed by atoms with Crippen molar-refractivity contribution in [3.63, 3.8) is 0 Å². The predicted molar refractivity (Wildman–Crippen MR) is 155 cm³/mol. The van der Waals surface area contributed by atoms with E-state index >= 15 is 0 Å². The largest absolute Gasteiger partial charge is 0.0784 e. The zero-order chi connectivity index (χ0) is 22.7. The molecule has 0 aromatic heterocycles. The molecule has 4 rings (SSSR count). The lowest BCUT2D eigenvalue weighted by Crippen LogP contribution is -3.04. The zero-order valence-corrected chi connectivity index (χ0v) is 29.0. The molecule has 0 N–H and O–H groups in total. The summed E-state index contributed by atoms with van der Waals surface area (Å²) < 4.78 is 0.817. The monoisotopic (exact) mass is 508 g/mol. The number of hydrogen-bond acceptors (Lipinski definition) is 0.